The molecule has 1 saturated heterocycles. The van der Waals surface area contributed by atoms with Crippen LogP contribution in [0.2, 0.25) is 0 Å². The lowest BCUT2D eigenvalue weighted by atomic mass is 9.92. The van der Waals surface area contributed by atoms with Gasteiger partial charge in [-0.15, -0.1) is 0 Å². The summed E-state index contributed by atoms with van der Waals surface area (Å²) >= 11 is 0. The molecule has 1 N–H and O–H groups in total. The lowest BCUT2D eigenvalue weighted by Gasteiger charge is -2.32. The van der Waals surface area contributed by atoms with E-state index in [1.165, 1.54) is 11.3 Å². The molecule has 3 rings (SSSR count). The van der Waals surface area contributed by atoms with Crippen LogP contribution in [0, 0.1) is 19.8 Å². The van der Waals surface area contributed by atoms with Gasteiger partial charge in [0.05, 0.1) is 18.1 Å². The zero-order valence-corrected chi connectivity index (χ0v) is 13.0. The number of piperidine rings is 1. The Balaban J connectivity index is 1.66. The molecule has 0 radical (unpaired) electrons. The van der Waals surface area contributed by atoms with E-state index in [1.54, 1.807) is 12.4 Å². The number of nitrogens with one attached hydrogen (secondary N) is 1. The second kappa shape index (κ2) is 6.25. The SMILES string of the molecule is Cc1cnc(C(=O)N2CCC[C@H](Cc3[nH]ncc3C)C2)cn1. The Labute approximate surface area is 130 Å². The second-order valence-electron chi connectivity index (χ2n) is 6.04. The highest BCUT2D eigenvalue weighted by Gasteiger charge is 2.26. The van der Waals surface area contributed by atoms with Crippen molar-refractivity contribution in [2.75, 3.05) is 13.1 Å². The van der Waals surface area contributed by atoms with Gasteiger partial charge >= 0.3 is 0 Å². The molecule has 6 nitrogen and oxygen atoms in total. The number of rotatable bonds is 3. The van der Waals surface area contributed by atoms with E-state index >= 15 is 0 Å². The van der Waals surface area contributed by atoms with Crippen LogP contribution in [0.15, 0.2) is 18.6 Å². The van der Waals surface area contributed by atoms with E-state index in [0.717, 1.165) is 38.0 Å². The van der Waals surface area contributed by atoms with Crippen LogP contribution in [0.5, 0.6) is 0 Å². The van der Waals surface area contributed by atoms with Crippen LogP contribution < -0.4 is 0 Å². The fraction of sp³-hybridized carbons (Fsp3) is 0.500. The predicted molar refractivity (Wildman–Crippen MR) is 82.4 cm³/mol. The number of aromatic nitrogens is 4. The van der Waals surface area contributed by atoms with Crippen molar-refractivity contribution >= 4 is 5.91 Å². The van der Waals surface area contributed by atoms with Crippen molar-refractivity contribution < 1.29 is 4.79 Å². The van der Waals surface area contributed by atoms with Gasteiger partial charge in [-0.25, -0.2) is 4.98 Å². The number of carbonyl (C=O) groups excluding carboxylic acids is 1. The third kappa shape index (κ3) is 3.16. The maximum absolute atomic E-state index is 12.5. The first-order chi connectivity index (χ1) is 10.6. The molecule has 2 aromatic rings. The Morgan fingerprint density at radius 3 is 2.86 bits per heavy atom. The van der Waals surface area contributed by atoms with Crippen LogP contribution in [-0.2, 0) is 6.42 Å². The number of aromatic amines is 1. The summed E-state index contributed by atoms with van der Waals surface area (Å²) in [5.41, 5.74) is 3.62. The van der Waals surface area contributed by atoms with Crippen molar-refractivity contribution in [1.29, 1.82) is 0 Å². The first-order valence-electron chi connectivity index (χ1n) is 7.70. The molecule has 0 aromatic carbocycles. The van der Waals surface area contributed by atoms with E-state index in [4.69, 9.17) is 0 Å². The van der Waals surface area contributed by atoms with Crippen molar-refractivity contribution in [3.8, 4) is 0 Å². The van der Waals surface area contributed by atoms with E-state index in [9.17, 15) is 4.79 Å². The Kier molecular flexibility index (Phi) is 4.18. The van der Waals surface area contributed by atoms with Crippen LogP contribution in [0.25, 0.3) is 0 Å². The third-order valence-electron chi connectivity index (χ3n) is 4.23. The second-order valence-corrected chi connectivity index (χ2v) is 6.04. The van der Waals surface area contributed by atoms with E-state index in [1.807, 2.05) is 18.0 Å². The molecule has 0 aliphatic carbocycles. The van der Waals surface area contributed by atoms with E-state index in [2.05, 4.69) is 27.1 Å². The summed E-state index contributed by atoms with van der Waals surface area (Å²) in [5.74, 6) is 0.453. The molecule has 1 atom stereocenters. The summed E-state index contributed by atoms with van der Waals surface area (Å²) < 4.78 is 0. The fourth-order valence-corrected chi connectivity index (χ4v) is 2.95. The van der Waals surface area contributed by atoms with Gasteiger partial charge in [-0.2, -0.15) is 5.10 Å². The minimum absolute atomic E-state index is 0.0152. The summed E-state index contributed by atoms with van der Waals surface area (Å²) in [6, 6.07) is 0. The quantitative estimate of drug-likeness (QED) is 0.939. The smallest absolute Gasteiger partial charge is 0.274 e. The Morgan fingerprint density at radius 1 is 1.32 bits per heavy atom. The number of likely N-dealkylation sites (tertiary alicyclic amines) is 1. The largest absolute Gasteiger partial charge is 0.337 e. The van der Waals surface area contributed by atoms with Gasteiger partial charge in [0.15, 0.2) is 0 Å². The maximum atomic E-state index is 12.5. The van der Waals surface area contributed by atoms with Crippen molar-refractivity contribution in [2.24, 2.45) is 5.92 Å². The van der Waals surface area contributed by atoms with Gasteiger partial charge in [-0.3, -0.25) is 14.9 Å². The lowest BCUT2D eigenvalue weighted by Crippen LogP contribution is -2.41. The molecule has 1 aliphatic rings. The summed E-state index contributed by atoms with van der Waals surface area (Å²) in [5, 5.41) is 7.13. The molecule has 0 saturated carbocycles. The molecule has 6 heteroatoms. The zero-order chi connectivity index (χ0) is 15.5. The lowest BCUT2D eigenvalue weighted by molar-refractivity contribution is 0.0666. The van der Waals surface area contributed by atoms with Crippen molar-refractivity contribution in [3.05, 3.63) is 41.2 Å². The van der Waals surface area contributed by atoms with Crippen LogP contribution in [0.3, 0.4) is 0 Å². The predicted octanol–water partition coefficient (Wildman–Crippen LogP) is 1.91. The highest BCUT2D eigenvalue weighted by atomic mass is 16.2. The Hall–Kier alpha value is -2.24. The maximum Gasteiger partial charge on any atom is 0.274 e. The molecule has 0 unspecified atom stereocenters. The molecule has 3 heterocycles. The highest BCUT2D eigenvalue weighted by Crippen LogP contribution is 2.22. The summed E-state index contributed by atoms with van der Waals surface area (Å²) in [4.78, 5) is 22.8. The average Bonchev–Trinajstić information content (AvgIpc) is 2.93. The van der Waals surface area contributed by atoms with E-state index in [0.29, 0.717) is 11.6 Å². The number of H-pyrrole nitrogens is 1. The van der Waals surface area contributed by atoms with Gasteiger partial charge in [0.1, 0.15) is 5.69 Å². The highest BCUT2D eigenvalue weighted by molar-refractivity contribution is 5.92. The van der Waals surface area contributed by atoms with Gasteiger partial charge in [0.25, 0.3) is 5.91 Å². The number of hydrogen-bond donors (Lipinski definition) is 1. The minimum Gasteiger partial charge on any atom is -0.337 e. The summed E-state index contributed by atoms with van der Waals surface area (Å²) in [7, 11) is 0. The normalized spacial score (nSPS) is 18.5. The monoisotopic (exact) mass is 299 g/mol. The first-order valence-corrected chi connectivity index (χ1v) is 7.70. The first kappa shape index (κ1) is 14.7. The Morgan fingerprint density at radius 2 is 2.18 bits per heavy atom. The minimum atomic E-state index is -0.0152. The third-order valence-corrected chi connectivity index (χ3v) is 4.23. The van der Waals surface area contributed by atoms with Gasteiger partial charge in [-0.1, -0.05) is 0 Å². The Bertz CT molecular complexity index is 649. The molecule has 0 spiro atoms. The summed E-state index contributed by atoms with van der Waals surface area (Å²) in [6.07, 6.45) is 8.17. The number of amides is 1. The fourth-order valence-electron chi connectivity index (χ4n) is 2.95. The number of carbonyl (C=O) groups is 1. The number of nitrogens with zero attached hydrogens (tertiary/aromatic N) is 4. The van der Waals surface area contributed by atoms with E-state index in [-0.39, 0.29) is 5.91 Å². The molecule has 1 fully saturated rings. The molecule has 22 heavy (non-hydrogen) atoms. The van der Waals surface area contributed by atoms with Crippen molar-refractivity contribution in [3.63, 3.8) is 0 Å². The van der Waals surface area contributed by atoms with Gasteiger partial charge in [0, 0.05) is 25.0 Å². The topological polar surface area (TPSA) is 74.8 Å². The van der Waals surface area contributed by atoms with Crippen LogP contribution in [0.1, 0.15) is 40.3 Å². The number of hydrogen-bond acceptors (Lipinski definition) is 4. The molecular weight excluding hydrogens is 278 g/mol. The summed E-state index contributed by atoms with van der Waals surface area (Å²) in [6.45, 7) is 5.50. The van der Waals surface area contributed by atoms with Crippen LogP contribution in [0.4, 0.5) is 0 Å². The molecule has 1 aliphatic heterocycles. The van der Waals surface area contributed by atoms with Crippen LogP contribution >= 0.6 is 0 Å². The molecular formula is C16H21N5O. The number of aryl methyl sites for hydroxylation is 2. The standard InChI is InChI=1S/C16H21N5O/c1-11-7-19-20-14(11)6-13-4-3-5-21(10-13)16(22)15-9-17-12(2)8-18-15/h7-9,13H,3-6,10H2,1-2H3,(H,19,20)/t13-/m1/s1. The van der Waals surface area contributed by atoms with Gasteiger partial charge in [-0.05, 0) is 44.6 Å². The van der Waals surface area contributed by atoms with Gasteiger partial charge in [0.2, 0.25) is 0 Å². The van der Waals surface area contributed by atoms with Crippen molar-refractivity contribution in [1.82, 2.24) is 25.1 Å². The zero-order valence-electron chi connectivity index (χ0n) is 13.0. The molecule has 116 valence electrons. The van der Waals surface area contributed by atoms with Gasteiger partial charge < -0.3 is 4.90 Å². The van der Waals surface area contributed by atoms with Crippen molar-refractivity contribution in [2.45, 2.75) is 33.1 Å². The van der Waals surface area contributed by atoms with E-state index < -0.39 is 0 Å². The molecule has 1 amide bonds. The van der Waals surface area contributed by atoms with Crippen LogP contribution in [-0.4, -0.2) is 44.1 Å². The molecule has 0 bridgehead atoms. The average molecular weight is 299 g/mol. The molecule has 2 aromatic heterocycles.